The standard InChI is InChI=1S/C14H22N4O/c1-14(2,3)13-16-8-11(9-17-13)18-12(19)10-4-6-15-7-5-10/h8-10,15H,4-7H2,1-3H3,(H,18,19). The third-order valence-corrected chi connectivity index (χ3v) is 3.30. The fraction of sp³-hybridized carbons (Fsp3) is 0.643. The van der Waals surface area contributed by atoms with E-state index in [9.17, 15) is 4.79 Å². The summed E-state index contributed by atoms with van der Waals surface area (Å²) in [7, 11) is 0. The zero-order chi connectivity index (χ0) is 13.9. The molecule has 0 unspecified atom stereocenters. The normalized spacial score (nSPS) is 17.2. The molecule has 0 spiro atoms. The Morgan fingerprint density at radius 1 is 1.26 bits per heavy atom. The van der Waals surface area contributed by atoms with Crippen LogP contribution in [0.3, 0.4) is 0 Å². The molecule has 1 aliphatic heterocycles. The lowest BCUT2D eigenvalue weighted by molar-refractivity contribution is -0.120. The second kappa shape index (κ2) is 5.65. The molecular formula is C14H22N4O. The molecule has 104 valence electrons. The van der Waals surface area contributed by atoms with E-state index in [4.69, 9.17) is 0 Å². The lowest BCUT2D eigenvalue weighted by Crippen LogP contribution is -2.34. The molecule has 5 nitrogen and oxygen atoms in total. The molecule has 19 heavy (non-hydrogen) atoms. The van der Waals surface area contributed by atoms with E-state index in [1.54, 1.807) is 12.4 Å². The Labute approximate surface area is 114 Å². The molecule has 1 aromatic rings. The summed E-state index contributed by atoms with van der Waals surface area (Å²) in [5, 5.41) is 6.15. The average molecular weight is 262 g/mol. The van der Waals surface area contributed by atoms with Gasteiger partial charge in [-0.3, -0.25) is 4.79 Å². The van der Waals surface area contributed by atoms with Gasteiger partial charge >= 0.3 is 0 Å². The largest absolute Gasteiger partial charge is 0.323 e. The number of piperidine rings is 1. The van der Waals surface area contributed by atoms with E-state index < -0.39 is 0 Å². The molecule has 0 radical (unpaired) electrons. The lowest BCUT2D eigenvalue weighted by Gasteiger charge is -2.22. The molecule has 5 heteroatoms. The Hall–Kier alpha value is -1.49. The molecule has 1 aliphatic rings. The summed E-state index contributed by atoms with van der Waals surface area (Å²) in [6.45, 7) is 8.02. The first kappa shape index (κ1) is 13.9. The minimum absolute atomic E-state index is 0.0718. The van der Waals surface area contributed by atoms with Crippen LogP contribution in [0, 0.1) is 5.92 Å². The number of hydrogen-bond donors (Lipinski definition) is 2. The molecule has 2 heterocycles. The van der Waals surface area contributed by atoms with Crippen LogP contribution in [0.4, 0.5) is 5.69 Å². The van der Waals surface area contributed by atoms with Crippen LogP contribution in [-0.2, 0) is 10.2 Å². The zero-order valence-corrected chi connectivity index (χ0v) is 11.9. The third kappa shape index (κ3) is 3.73. The van der Waals surface area contributed by atoms with Gasteiger partial charge in [-0.2, -0.15) is 0 Å². The molecule has 0 aromatic carbocycles. The second-order valence-electron chi connectivity index (χ2n) is 6.06. The quantitative estimate of drug-likeness (QED) is 0.851. The van der Waals surface area contributed by atoms with Crippen LogP contribution in [0.15, 0.2) is 12.4 Å². The van der Waals surface area contributed by atoms with E-state index in [0.717, 1.165) is 31.8 Å². The maximum absolute atomic E-state index is 12.1. The maximum atomic E-state index is 12.1. The van der Waals surface area contributed by atoms with Crippen molar-refractivity contribution in [2.75, 3.05) is 18.4 Å². The minimum Gasteiger partial charge on any atom is -0.323 e. The smallest absolute Gasteiger partial charge is 0.227 e. The zero-order valence-electron chi connectivity index (χ0n) is 11.9. The Kier molecular flexibility index (Phi) is 4.14. The van der Waals surface area contributed by atoms with Crippen molar-refractivity contribution in [1.82, 2.24) is 15.3 Å². The number of amides is 1. The number of nitrogens with one attached hydrogen (secondary N) is 2. The highest BCUT2D eigenvalue weighted by molar-refractivity contribution is 5.92. The predicted octanol–water partition coefficient (Wildman–Crippen LogP) is 1.71. The van der Waals surface area contributed by atoms with Gasteiger partial charge in [0.25, 0.3) is 0 Å². The van der Waals surface area contributed by atoms with Crippen molar-refractivity contribution in [1.29, 1.82) is 0 Å². The predicted molar refractivity (Wildman–Crippen MR) is 75.0 cm³/mol. The van der Waals surface area contributed by atoms with Gasteiger partial charge in [-0.05, 0) is 25.9 Å². The van der Waals surface area contributed by atoms with Crippen LogP contribution in [0.1, 0.15) is 39.4 Å². The number of nitrogens with zero attached hydrogens (tertiary/aromatic N) is 2. The molecule has 2 rings (SSSR count). The van der Waals surface area contributed by atoms with Crippen LogP contribution in [0.2, 0.25) is 0 Å². The van der Waals surface area contributed by atoms with Gasteiger partial charge in [0.15, 0.2) is 0 Å². The van der Waals surface area contributed by atoms with Crippen LogP contribution < -0.4 is 10.6 Å². The molecule has 1 saturated heterocycles. The van der Waals surface area contributed by atoms with Crippen LogP contribution in [-0.4, -0.2) is 29.0 Å². The fourth-order valence-electron chi connectivity index (χ4n) is 2.11. The van der Waals surface area contributed by atoms with Gasteiger partial charge in [-0.25, -0.2) is 9.97 Å². The fourth-order valence-corrected chi connectivity index (χ4v) is 2.11. The Morgan fingerprint density at radius 3 is 2.37 bits per heavy atom. The average Bonchev–Trinajstić information content (AvgIpc) is 2.39. The lowest BCUT2D eigenvalue weighted by atomic mass is 9.96. The number of aromatic nitrogens is 2. The Balaban J connectivity index is 1.97. The maximum Gasteiger partial charge on any atom is 0.227 e. The number of hydrogen-bond acceptors (Lipinski definition) is 4. The molecule has 0 saturated carbocycles. The van der Waals surface area contributed by atoms with Gasteiger partial charge in [-0.15, -0.1) is 0 Å². The van der Waals surface area contributed by atoms with Crippen LogP contribution in [0.5, 0.6) is 0 Å². The van der Waals surface area contributed by atoms with Crippen molar-refractivity contribution in [3.05, 3.63) is 18.2 Å². The summed E-state index contributed by atoms with van der Waals surface area (Å²) < 4.78 is 0. The van der Waals surface area contributed by atoms with E-state index in [1.807, 2.05) is 0 Å². The second-order valence-corrected chi connectivity index (χ2v) is 6.06. The van der Waals surface area contributed by atoms with E-state index in [2.05, 4.69) is 41.4 Å². The van der Waals surface area contributed by atoms with Crippen LogP contribution >= 0.6 is 0 Å². The van der Waals surface area contributed by atoms with Crippen molar-refractivity contribution >= 4 is 11.6 Å². The van der Waals surface area contributed by atoms with Gasteiger partial charge in [0, 0.05) is 11.3 Å². The first-order valence-corrected chi connectivity index (χ1v) is 6.81. The molecule has 1 amide bonds. The van der Waals surface area contributed by atoms with Crippen molar-refractivity contribution in [3.8, 4) is 0 Å². The van der Waals surface area contributed by atoms with Gasteiger partial charge in [0.2, 0.25) is 5.91 Å². The Bertz CT molecular complexity index is 430. The first-order chi connectivity index (χ1) is 8.97. The Morgan fingerprint density at radius 2 is 1.84 bits per heavy atom. The molecule has 1 fully saturated rings. The SMILES string of the molecule is CC(C)(C)c1ncc(NC(=O)C2CCNCC2)cn1. The summed E-state index contributed by atoms with van der Waals surface area (Å²) in [5.41, 5.74) is 0.605. The van der Waals surface area contributed by atoms with Gasteiger partial charge < -0.3 is 10.6 Å². The van der Waals surface area contributed by atoms with Crippen molar-refractivity contribution in [2.45, 2.75) is 39.0 Å². The minimum atomic E-state index is -0.0718. The van der Waals surface area contributed by atoms with Gasteiger partial charge in [0.05, 0.1) is 18.1 Å². The number of carbonyl (C=O) groups excluding carboxylic acids is 1. The summed E-state index contributed by atoms with van der Waals surface area (Å²) in [4.78, 5) is 20.7. The molecule has 1 aromatic heterocycles. The molecule has 2 N–H and O–H groups in total. The summed E-state index contributed by atoms with van der Waals surface area (Å²) >= 11 is 0. The monoisotopic (exact) mass is 262 g/mol. The van der Waals surface area contributed by atoms with E-state index in [1.165, 1.54) is 0 Å². The number of rotatable bonds is 2. The number of carbonyl (C=O) groups is 1. The number of anilines is 1. The highest BCUT2D eigenvalue weighted by atomic mass is 16.1. The van der Waals surface area contributed by atoms with E-state index in [-0.39, 0.29) is 17.2 Å². The highest BCUT2D eigenvalue weighted by Gasteiger charge is 2.21. The van der Waals surface area contributed by atoms with E-state index >= 15 is 0 Å². The topological polar surface area (TPSA) is 66.9 Å². The summed E-state index contributed by atoms with van der Waals surface area (Å²) in [6.07, 6.45) is 5.17. The molecule has 0 bridgehead atoms. The van der Waals surface area contributed by atoms with Crippen molar-refractivity contribution in [2.24, 2.45) is 5.92 Å². The molecular weight excluding hydrogens is 240 g/mol. The van der Waals surface area contributed by atoms with Crippen LogP contribution in [0.25, 0.3) is 0 Å². The van der Waals surface area contributed by atoms with Gasteiger partial charge in [-0.1, -0.05) is 20.8 Å². The summed E-state index contributed by atoms with van der Waals surface area (Å²) in [6, 6.07) is 0. The van der Waals surface area contributed by atoms with Crippen molar-refractivity contribution < 1.29 is 4.79 Å². The molecule has 0 aliphatic carbocycles. The van der Waals surface area contributed by atoms with Crippen molar-refractivity contribution in [3.63, 3.8) is 0 Å². The molecule has 0 atom stereocenters. The third-order valence-electron chi connectivity index (χ3n) is 3.30. The van der Waals surface area contributed by atoms with Gasteiger partial charge in [0.1, 0.15) is 5.82 Å². The van der Waals surface area contributed by atoms with E-state index in [0.29, 0.717) is 5.69 Å². The summed E-state index contributed by atoms with van der Waals surface area (Å²) in [5.74, 6) is 0.963. The highest BCUT2D eigenvalue weighted by Crippen LogP contribution is 2.19. The first-order valence-electron chi connectivity index (χ1n) is 6.81.